The standard InChI is InChI=1S/C17H17BrClNO2/c1-2-3-12-4-9-16(15(18)10-12)22-11-17(21)20-14-7-5-13(19)6-8-14/h4-10H,2-3,11H2,1H3,(H,20,21). The Balaban J connectivity index is 1.89. The Morgan fingerprint density at radius 2 is 1.95 bits per heavy atom. The van der Waals surface area contributed by atoms with Gasteiger partial charge in [-0.2, -0.15) is 0 Å². The van der Waals surface area contributed by atoms with Crippen molar-refractivity contribution in [1.29, 1.82) is 0 Å². The first kappa shape index (κ1) is 16.8. The number of hydrogen-bond donors (Lipinski definition) is 1. The van der Waals surface area contributed by atoms with Gasteiger partial charge in [0.2, 0.25) is 0 Å². The average Bonchev–Trinajstić information content (AvgIpc) is 2.49. The minimum Gasteiger partial charge on any atom is -0.483 e. The molecule has 0 fully saturated rings. The van der Waals surface area contributed by atoms with Crippen LogP contribution in [0.25, 0.3) is 0 Å². The first-order valence-corrected chi connectivity index (χ1v) is 8.22. The zero-order valence-electron chi connectivity index (χ0n) is 12.2. The number of halogens is 2. The summed E-state index contributed by atoms with van der Waals surface area (Å²) in [5, 5.41) is 3.38. The van der Waals surface area contributed by atoms with Gasteiger partial charge in [-0.15, -0.1) is 0 Å². The number of rotatable bonds is 6. The fourth-order valence-electron chi connectivity index (χ4n) is 1.98. The summed E-state index contributed by atoms with van der Waals surface area (Å²) in [6.45, 7) is 2.09. The lowest BCUT2D eigenvalue weighted by Crippen LogP contribution is -2.20. The van der Waals surface area contributed by atoms with Gasteiger partial charge in [-0.3, -0.25) is 4.79 Å². The maximum absolute atomic E-state index is 11.9. The van der Waals surface area contributed by atoms with Crippen molar-refractivity contribution in [3.8, 4) is 5.75 Å². The molecule has 2 aromatic rings. The van der Waals surface area contributed by atoms with Gasteiger partial charge in [0.1, 0.15) is 5.75 Å². The Kier molecular flexibility index (Phi) is 6.28. The molecule has 0 spiro atoms. The molecule has 0 bridgehead atoms. The molecule has 2 rings (SSSR count). The van der Waals surface area contributed by atoms with Crippen molar-refractivity contribution >= 4 is 39.1 Å². The van der Waals surface area contributed by atoms with Crippen molar-refractivity contribution in [2.45, 2.75) is 19.8 Å². The summed E-state index contributed by atoms with van der Waals surface area (Å²) in [7, 11) is 0. The van der Waals surface area contributed by atoms with Crippen LogP contribution < -0.4 is 10.1 Å². The molecule has 0 saturated heterocycles. The maximum atomic E-state index is 11.9. The molecule has 0 radical (unpaired) electrons. The van der Waals surface area contributed by atoms with Crippen molar-refractivity contribution in [2.24, 2.45) is 0 Å². The number of carbonyl (C=O) groups is 1. The van der Waals surface area contributed by atoms with Crippen molar-refractivity contribution in [3.63, 3.8) is 0 Å². The molecule has 0 unspecified atom stereocenters. The van der Waals surface area contributed by atoms with Crippen LogP contribution in [-0.2, 0) is 11.2 Å². The molecule has 0 aliphatic heterocycles. The minimum absolute atomic E-state index is 0.0473. The number of nitrogens with one attached hydrogen (secondary N) is 1. The third kappa shape index (κ3) is 5.04. The lowest BCUT2D eigenvalue weighted by atomic mass is 10.1. The zero-order valence-corrected chi connectivity index (χ0v) is 14.6. The van der Waals surface area contributed by atoms with E-state index in [-0.39, 0.29) is 12.5 Å². The Labute approximate surface area is 143 Å². The van der Waals surface area contributed by atoms with E-state index < -0.39 is 0 Å². The highest BCUT2D eigenvalue weighted by Crippen LogP contribution is 2.26. The van der Waals surface area contributed by atoms with Crippen molar-refractivity contribution < 1.29 is 9.53 Å². The normalized spacial score (nSPS) is 10.3. The molecule has 5 heteroatoms. The van der Waals surface area contributed by atoms with Crippen LogP contribution in [-0.4, -0.2) is 12.5 Å². The van der Waals surface area contributed by atoms with E-state index in [9.17, 15) is 4.79 Å². The maximum Gasteiger partial charge on any atom is 0.262 e. The van der Waals surface area contributed by atoms with Crippen molar-refractivity contribution in [1.82, 2.24) is 0 Å². The molecule has 1 amide bonds. The Bertz CT molecular complexity index is 644. The van der Waals surface area contributed by atoms with E-state index in [0.717, 1.165) is 17.3 Å². The molecule has 116 valence electrons. The predicted octanol–water partition coefficient (Wildman–Crippen LogP) is 5.07. The van der Waals surface area contributed by atoms with Crippen LogP contribution in [0.1, 0.15) is 18.9 Å². The predicted molar refractivity (Wildman–Crippen MR) is 93.7 cm³/mol. The number of aryl methyl sites for hydroxylation is 1. The Morgan fingerprint density at radius 1 is 1.23 bits per heavy atom. The molecule has 0 aliphatic rings. The van der Waals surface area contributed by atoms with Crippen LogP contribution in [0.4, 0.5) is 5.69 Å². The van der Waals surface area contributed by atoms with Crippen LogP contribution in [0.2, 0.25) is 5.02 Å². The van der Waals surface area contributed by atoms with E-state index in [1.54, 1.807) is 24.3 Å². The minimum atomic E-state index is -0.216. The Morgan fingerprint density at radius 3 is 2.59 bits per heavy atom. The van der Waals surface area contributed by atoms with Gasteiger partial charge in [-0.05, 0) is 64.3 Å². The van der Waals surface area contributed by atoms with E-state index in [1.807, 2.05) is 18.2 Å². The van der Waals surface area contributed by atoms with Crippen molar-refractivity contribution in [2.75, 3.05) is 11.9 Å². The van der Waals surface area contributed by atoms with Gasteiger partial charge in [0.05, 0.1) is 4.47 Å². The third-order valence-corrected chi connectivity index (χ3v) is 3.89. The second kappa shape index (κ2) is 8.20. The van der Waals surface area contributed by atoms with Gasteiger partial charge in [0.15, 0.2) is 6.61 Å². The fourth-order valence-corrected chi connectivity index (χ4v) is 2.65. The van der Waals surface area contributed by atoms with E-state index >= 15 is 0 Å². The van der Waals surface area contributed by atoms with E-state index in [1.165, 1.54) is 5.56 Å². The number of benzene rings is 2. The molecule has 3 nitrogen and oxygen atoms in total. The van der Waals surface area contributed by atoms with Gasteiger partial charge in [0.25, 0.3) is 5.91 Å². The molecule has 2 aromatic carbocycles. The van der Waals surface area contributed by atoms with Crippen LogP contribution in [0.5, 0.6) is 5.75 Å². The number of carbonyl (C=O) groups excluding carboxylic acids is 1. The third-order valence-electron chi connectivity index (χ3n) is 3.02. The number of ether oxygens (including phenoxy) is 1. The van der Waals surface area contributed by atoms with Crippen LogP contribution in [0.15, 0.2) is 46.9 Å². The quantitative estimate of drug-likeness (QED) is 0.757. The van der Waals surface area contributed by atoms with Crippen LogP contribution in [0, 0.1) is 0 Å². The number of anilines is 1. The fraction of sp³-hybridized carbons (Fsp3) is 0.235. The summed E-state index contributed by atoms with van der Waals surface area (Å²) in [4.78, 5) is 11.9. The monoisotopic (exact) mass is 381 g/mol. The van der Waals surface area contributed by atoms with Gasteiger partial charge in [-0.1, -0.05) is 31.0 Å². The number of hydrogen-bond acceptors (Lipinski definition) is 2. The highest BCUT2D eigenvalue weighted by atomic mass is 79.9. The smallest absolute Gasteiger partial charge is 0.262 e. The second-order valence-corrected chi connectivity index (χ2v) is 6.15. The average molecular weight is 383 g/mol. The van der Waals surface area contributed by atoms with Crippen LogP contribution in [0.3, 0.4) is 0 Å². The largest absolute Gasteiger partial charge is 0.483 e. The van der Waals surface area contributed by atoms with Gasteiger partial charge in [0, 0.05) is 10.7 Å². The zero-order chi connectivity index (χ0) is 15.9. The molecule has 0 atom stereocenters. The molecule has 0 aromatic heterocycles. The molecule has 0 heterocycles. The lowest BCUT2D eigenvalue weighted by molar-refractivity contribution is -0.118. The summed E-state index contributed by atoms with van der Waals surface area (Å²) < 4.78 is 6.40. The van der Waals surface area contributed by atoms with E-state index in [4.69, 9.17) is 16.3 Å². The molecular formula is C17H17BrClNO2. The highest BCUT2D eigenvalue weighted by molar-refractivity contribution is 9.10. The highest BCUT2D eigenvalue weighted by Gasteiger charge is 2.07. The van der Waals surface area contributed by atoms with Gasteiger partial charge >= 0.3 is 0 Å². The summed E-state index contributed by atoms with van der Waals surface area (Å²) in [6, 6.07) is 12.9. The summed E-state index contributed by atoms with van der Waals surface area (Å²) in [6.07, 6.45) is 2.12. The molecule has 1 N–H and O–H groups in total. The lowest BCUT2D eigenvalue weighted by Gasteiger charge is -2.10. The summed E-state index contributed by atoms with van der Waals surface area (Å²) >= 11 is 9.27. The van der Waals surface area contributed by atoms with Crippen LogP contribution >= 0.6 is 27.5 Å². The van der Waals surface area contributed by atoms with Gasteiger partial charge in [-0.25, -0.2) is 0 Å². The van der Waals surface area contributed by atoms with E-state index in [2.05, 4.69) is 28.2 Å². The molecular weight excluding hydrogens is 366 g/mol. The first-order valence-electron chi connectivity index (χ1n) is 7.05. The van der Waals surface area contributed by atoms with Gasteiger partial charge < -0.3 is 10.1 Å². The summed E-state index contributed by atoms with van der Waals surface area (Å²) in [5.41, 5.74) is 1.93. The first-order chi connectivity index (χ1) is 10.6. The Hall–Kier alpha value is -1.52. The molecule has 22 heavy (non-hydrogen) atoms. The van der Waals surface area contributed by atoms with E-state index in [0.29, 0.717) is 16.5 Å². The second-order valence-electron chi connectivity index (χ2n) is 4.86. The summed E-state index contributed by atoms with van der Waals surface area (Å²) in [5.74, 6) is 0.443. The molecule has 0 saturated carbocycles. The number of amides is 1. The topological polar surface area (TPSA) is 38.3 Å². The molecule has 0 aliphatic carbocycles. The SMILES string of the molecule is CCCc1ccc(OCC(=O)Nc2ccc(Cl)cc2)c(Br)c1. The van der Waals surface area contributed by atoms with Crippen molar-refractivity contribution in [3.05, 3.63) is 57.5 Å².